The molecule has 3 nitrogen and oxygen atoms in total. The van der Waals surface area contributed by atoms with Crippen molar-refractivity contribution < 1.29 is 19.4 Å². The van der Waals surface area contributed by atoms with E-state index in [0.29, 0.717) is 18.4 Å². The van der Waals surface area contributed by atoms with Gasteiger partial charge in [-0.2, -0.15) is 0 Å². The van der Waals surface area contributed by atoms with Crippen molar-refractivity contribution >= 4 is 21.9 Å². The molecule has 0 bridgehead atoms. The number of hydrogen-bond acceptors (Lipinski definition) is 2. The number of rotatable bonds is 2. The quantitative estimate of drug-likeness (QED) is 0.883. The first-order valence-corrected chi connectivity index (χ1v) is 6.19. The molecule has 92 valence electrons. The van der Waals surface area contributed by atoms with Crippen LogP contribution in [0.25, 0.3) is 0 Å². The molecule has 17 heavy (non-hydrogen) atoms. The third-order valence-corrected chi connectivity index (χ3v) is 3.91. The van der Waals surface area contributed by atoms with E-state index < -0.39 is 11.8 Å². The number of benzene rings is 1. The maximum atomic E-state index is 13.9. The molecule has 5 heteroatoms. The molecule has 0 saturated carbocycles. The highest BCUT2D eigenvalue weighted by Crippen LogP contribution is 2.37. The molecule has 1 aliphatic carbocycles. The lowest BCUT2D eigenvalue weighted by molar-refractivity contribution is -0.138. The standard InChI is InChI=1S/C12H12BrFO3/c13-11-9(15)5-7-2-1-6(4-10(16)17)3-8(7)12(11)14/h5-6,15H,1-4H2,(H,16,17). The van der Waals surface area contributed by atoms with Gasteiger partial charge >= 0.3 is 5.97 Å². The molecule has 0 saturated heterocycles. The molecule has 0 aromatic heterocycles. The van der Waals surface area contributed by atoms with E-state index in [1.807, 2.05) is 0 Å². The smallest absolute Gasteiger partial charge is 0.303 e. The van der Waals surface area contributed by atoms with Crippen molar-refractivity contribution in [2.75, 3.05) is 0 Å². The normalized spacial score (nSPS) is 18.8. The van der Waals surface area contributed by atoms with Crippen LogP contribution in [0.4, 0.5) is 4.39 Å². The van der Waals surface area contributed by atoms with Crippen LogP contribution < -0.4 is 0 Å². The second-order valence-electron chi connectivity index (χ2n) is 4.37. The van der Waals surface area contributed by atoms with Crippen molar-refractivity contribution in [3.8, 4) is 5.75 Å². The topological polar surface area (TPSA) is 57.5 Å². The highest BCUT2D eigenvalue weighted by atomic mass is 79.9. The van der Waals surface area contributed by atoms with E-state index in [-0.39, 0.29) is 22.6 Å². The van der Waals surface area contributed by atoms with Crippen LogP contribution in [0.1, 0.15) is 24.0 Å². The van der Waals surface area contributed by atoms with Gasteiger partial charge in [-0.25, -0.2) is 4.39 Å². The van der Waals surface area contributed by atoms with Gasteiger partial charge in [-0.1, -0.05) is 0 Å². The van der Waals surface area contributed by atoms with Gasteiger partial charge in [0, 0.05) is 6.42 Å². The number of carboxylic acids is 1. The number of phenols is 1. The van der Waals surface area contributed by atoms with Crippen molar-refractivity contribution in [3.63, 3.8) is 0 Å². The number of carbonyl (C=O) groups is 1. The van der Waals surface area contributed by atoms with Crippen LogP contribution in [0.5, 0.6) is 5.75 Å². The lowest BCUT2D eigenvalue weighted by atomic mass is 9.82. The summed E-state index contributed by atoms with van der Waals surface area (Å²) in [4.78, 5) is 10.6. The Balaban J connectivity index is 2.31. The van der Waals surface area contributed by atoms with E-state index >= 15 is 0 Å². The average Bonchev–Trinajstić information content (AvgIpc) is 2.26. The molecular weight excluding hydrogens is 291 g/mol. The molecule has 1 aliphatic rings. The fraction of sp³-hybridized carbons (Fsp3) is 0.417. The monoisotopic (exact) mass is 302 g/mol. The van der Waals surface area contributed by atoms with Gasteiger partial charge in [0.15, 0.2) is 0 Å². The van der Waals surface area contributed by atoms with Crippen molar-refractivity contribution in [1.29, 1.82) is 0 Å². The molecule has 0 spiro atoms. The molecule has 0 heterocycles. The number of aromatic hydroxyl groups is 1. The van der Waals surface area contributed by atoms with E-state index in [1.165, 1.54) is 0 Å². The minimum atomic E-state index is -0.850. The van der Waals surface area contributed by atoms with Gasteiger partial charge in [-0.3, -0.25) is 4.79 Å². The number of halogens is 2. The highest BCUT2D eigenvalue weighted by molar-refractivity contribution is 9.10. The molecule has 1 atom stereocenters. The van der Waals surface area contributed by atoms with E-state index in [2.05, 4.69) is 15.9 Å². The summed E-state index contributed by atoms with van der Waals surface area (Å²) in [5, 5.41) is 18.2. The molecule has 2 N–H and O–H groups in total. The Morgan fingerprint density at radius 1 is 1.59 bits per heavy atom. The molecule has 2 rings (SSSR count). The van der Waals surface area contributed by atoms with Crippen LogP contribution in [0.3, 0.4) is 0 Å². The second kappa shape index (κ2) is 4.64. The summed E-state index contributed by atoms with van der Waals surface area (Å²) in [5.74, 6) is -1.43. The Morgan fingerprint density at radius 3 is 2.94 bits per heavy atom. The number of aliphatic carboxylic acids is 1. The van der Waals surface area contributed by atoms with E-state index in [1.54, 1.807) is 6.07 Å². The highest BCUT2D eigenvalue weighted by Gasteiger charge is 2.25. The van der Waals surface area contributed by atoms with Gasteiger partial charge in [-0.05, 0) is 58.3 Å². The fourth-order valence-electron chi connectivity index (χ4n) is 2.32. The first-order chi connectivity index (χ1) is 7.99. The Kier molecular flexibility index (Phi) is 3.38. The number of hydrogen-bond donors (Lipinski definition) is 2. The molecule has 1 aromatic carbocycles. The number of carboxylic acid groups (broad SMARTS) is 1. The van der Waals surface area contributed by atoms with Gasteiger partial charge in [0.1, 0.15) is 11.6 Å². The molecule has 0 fully saturated rings. The summed E-state index contributed by atoms with van der Waals surface area (Å²) in [6.45, 7) is 0. The van der Waals surface area contributed by atoms with Gasteiger partial charge < -0.3 is 10.2 Å². The molecule has 0 amide bonds. The zero-order valence-corrected chi connectivity index (χ0v) is 10.6. The Morgan fingerprint density at radius 2 is 2.29 bits per heavy atom. The number of aryl methyl sites for hydroxylation is 1. The lowest BCUT2D eigenvalue weighted by Crippen LogP contribution is -2.19. The van der Waals surface area contributed by atoms with Crippen LogP contribution in [-0.2, 0) is 17.6 Å². The van der Waals surface area contributed by atoms with Crippen molar-refractivity contribution in [2.45, 2.75) is 25.7 Å². The molecule has 1 aromatic rings. The minimum Gasteiger partial charge on any atom is -0.507 e. The molecule has 0 aliphatic heterocycles. The molecule has 0 radical (unpaired) electrons. The first-order valence-electron chi connectivity index (χ1n) is 5.39. The average molecular weight is 303 g/mol. The van der Waals surface area contributed by atoms with Crippen molar-refractivity contribution in [1.82, 2.24) is 0 Å². The first kappa shape index (κ1) is 12.4. The van der Waals surface area contributed by atoms with E-state index in [0.717, 1.165) is 12.0 Å². The minimum absolute atomic E-state index is 0.0223. The Hall–Kier alpha value is -1.10. The van der Waals surface area contributed by atoms with Gasteiger partial charge in [0.05, 0.1) is 4.47 Å². The third-order valence-electron chi connectivity index (χ3n) is 3.16. The number of fused-ring (bicyclic) bond motifs is 1. The van der Waals surface area contributed by atoms with Gasteiger partial charge in [-0.15, -0.1) is 0 Å². The van der Waals surface area contributed by atoms with Crippen LogP contribution in [0, 0.1) is 11.7 Å². The molecule has 1 unspecified atom stereocenters. The maximum absolute atomic E-state index is 13.9. The lowest BCUT2D eigenvalue weighted by Gasteiger charge is -2.24. The predicted octanol–water partition coefficient (Wildman–Crippen LogP) is 2.87. The Bertz CT molecular complexity index is 473. The summed E-state index contributed by atoms with van der Waals surface area (Å²) >= 11 is 2.99. The van der Waals surface area contributed by atoms with Crippen molar-refractivity contribution in [2.24, 2.45) is 5.92 Å². The van der Waals surface area contributed by atoms with Gasteiger partial charge in [0.25, 0.3) is 0 Å². The summed E-state index contributed by atoms with van der Waals surface area (Å²) < 4.78 is 14.0. The SMILES string of the molecule is O=C(O)CC1CCc2cc(O)c(Br)c(F)c2C1. The van der Waals surface area contributed by atoms with Crippen LogP contribution in [-0.4, -0.2) is 16.2 Å². The van der Waals surface area contributed by atoms with Crippen molar-refractivity contribution in [3.05, 3.63) is 27.5 Å². The van der Waals surface area contributed by atoms with Crippen LogP contribution in [0.15, 0.2) is 10.5 Å². The Labute approximate surface area is 106 Å². The fourth-order valence-corrected chi connectivity index (χ4v) is 2.67. The summed E-state index contributed by atoms with van der Waals surface area (Å²) in [5.41, 5.74) is 1.32. The van der Waals surface area contributed by atoms with Gasteiger partial charge in [0.2, 0.25) is 0 Å². The number of phenolic OH excluding ortho intramolecular Hbond substituents is 1. The molecular formula is C12H12BrFO3. The van der Waals surface area contributed by atoms with Crippen LogP contribution in [0.2, 0.25) is 0 Å². The zero-order valence-electron chi connectivity index (χ0n) is 9.04. The van der Waals surface area contributed by atoms with E-state index in [4.69, 9.17) is 5.11 Å². The summed E-state index contributed by atoms with van der Waals surface area (Å²) in [7, 11) is 0. The predicted molar refractivity (Wildman–Crippen MR) is 63.5 cm³/mol. The maximum Gasteiger partial charge on any atom is 0.303 e. The van der Waals surface area contributed by atoms with E-state index in [9.17, 15) is 14.3 Å². The summed E-state index contributed by atoms with van der Waals surface area (Å²) in [6.07, 6.45) is 1.83. The third kappa shape index (κ3) is 2.44. The second-order valence-corrected chi connectivity index (χ2v) is 5.16. The zero-order chi connectivity index (χ0) is 12.6. The largest absolute Gasteiger partial charge is 0.507 e. The summed E-state index contributed by atoms with van der Waals surface area (Å²) in [6, 6.07) is 1.56. The van der Waals surface area contributed by atoms with Crippen LogP contribution >= 0.6 is 15.9 Å².